The number of nitrogens with zero attached hydrogens (tertiary/aromatic N) is 1. The molecule has 0 spiro atoms. The normalized spacial score (nSPS) is 9.95. The van der Waals surface area contributed by atoms with Crippen LogP contribution >= 0.6 is 0 Å². The van der Waals surface area contributed by atoms with Gasteiger partial charge in [0, 0.05) is 5.69 Å². The maximum Gasteiger partial charge on any atom is 0.137 e. The van der Waals surface area contributed by atoms with Crippen LogP contribution in [0.2, 0.25) is 0 Å². The van der Waals surface area contributed by atoms with E-state index < -0.39 is 0 Å². The molecule has 19 heavy (non-hydrogen) atoms. The standard InChI is InChI=1S/C16H16N2O/c1-11-3-4-12(2)14(7-11)10-19-16-6-5-15(18)8-13(16)9-17/h3-8H,10,18H2,1-2H3. The van der Waals surface area contributed by atoms with Crippen molar-refractivity contribution in [3.8, 4) is 11.8 Å². The molecule has 0 heterocycles. The molecule has 0 aromatic heterocycles. The second-order valence-electron chi connectivity index (χ2n) is 4.59. The van der Waals surface area contributed by atoms with Gasteiger partial charge in [-0.15, -0.1) is 0 Å². The Morgan fingerprint density at radius 3 is 2.68 bits per heavy atom. The number of rotatable bonds is 3. The van der Waals surface area contributed by atoms with Gasteiger partial charge in [0.05, 0.1) is 5.56 Å². The van der Waals surface area contributed by atoms with E-state index in [1.54, 1.807) is 18.2 Å². The fourth-order valence-electron chi connectivity index (χ4n) is 1.87. The minimum absolute atomic E-state index is 0.451. The summed E-state index contributed by atoms with van der Waals surface area (Å²) in [5.74, 6) is 0.567. The van der Waals surface area contributed by atoms with Gasteiger partial charge in [-0.05, 0) is 43.2 Å². The summed E-state index contributed by atoms with van der Waals surface area (Å²) in [6, 6.07) is 13.4. The summed E-state index contributed by atoms with van der Waals surface area (Å²) in [6.45, 7) is 4.55. The molecule has 0 aliphatic carbocycles. The third-order valence-electron chi connectivity index (χ3n) is 3.01. The van der Waals surface area contributed by atoms with E-state index in [0.29, 0.717) is 23.6 Å². The second kappa shape index (κ2) is 5.45. The molecule has 0 saturated carbocycles. The van der Waals surface area contributed by atoms with Gasteiger partial charge in [0.1, 0.15) is 18.4 Å². The zero-order valence-electron chi connectivity index (χ0n) is 11.1. The van der Waals surface area contributed by atoms with Crippen molar-refractivity contribution in [2.45, 2.75) is 20.5 Å². The Hall–Kier alpha value is -2.47. The van der Waals surface area contributed by atoms with E-state index in [1.165, 1.54) is 11.1 Å². The Balaban J connectivity index is 2.19. The third kappa shape index (κ3) is 3.05. The minimum Gasteiger partial charge on any atom is -0.488 e. The van der Waals surface area contributed by atoms with E-state index in [9.17, 15) is 0 Å². The van der Waals surface area contributed by atoms with Crippen LogP contribution in [0.1, 0.15) is 22.3 Å². The van der Waals surface area contributed by atoms with Gasteiger partial charge in [-0.3, -0.25) is 0 Å². The van der Waals surface area contributed by atoms with Gasteiger partial charge in [-0.25, -0.2) is 0 Å². The summed E-state index contributed by atoms with van der Waals surface area (Å²) in [6.07, 6.45) is 0. The second-order valence-corrected chi connectivity index (χ2v) is 4.59. The number of benzene rings is 2. The third-order valence-corrected chi connectivity index (χ3v) is 3.01. The van der Waals surface area contributed by atoms with Crippen molar-refractivity contribution in [2.24, 2.45) is 0 Å². The molecule has 3 heteroatoms. The summed E-state index contributed by atoms with van der Waals surface area (Å²) in [5, 5.41) is 9.05. The number of nitrogen functional groups attached to an aromatic ring is 1. The number of nitrogens with two attached hydrogens (primary N) is 1. The van der Waals surface area contributed by atoms with Gasteiger partial charge in [-0.2, -0.15) is 5.26 Å². The first-order valence-electron chi connectivity index (χ1n) is 6.08. The van der Waals surface area contributed by atoms with Crippen molar-refractivity contribution < 1.29 is 4.74 Å². The minimum atomic E-state index is 0.451. The molecular weight excluding hydrogens is 236 g/mol. The summed E-state index contributed by atoms with van der Waals surface area (Å²) in [4.78, 5) is 0. The van der Waals surface area contributed by atoms with E-state index in [4.69, 9.17) is 15.7 Å². The highest BCUT2D eigenvalue weighted by molar-refractivity contribution is 5.53. The smallest absolute Gasteiger partial charge is 0.137 e. The molecule has 2 rings (SSSR count). The Morgan fingerprint density at radius 2 is 1.95 bits per heavy atom. The number of hydrogen-bond donors (Lipinski definition) is 1. The van der Waals surface area contributed by atoms with Crippen molar-refractivity contribution >= 4 is 5.69 Å². The summed E-state index contributed by atoms with van der Waals surface area (Å²) in [5.41, 5.74) is 10.2. The fraction of sp³-hybridized carbons (Fsp3) is 0.188. The van der Waals surface area contributed by atoms with Crippen molar-refractivity contribution in [2.75, 3.05) is 5.73 Å². The lowest BCUT2D eigenvalue weighted by atomic mass is 10.1. The monoisotopic (exact) mass is 252 g/mol. The summed E-state index contributed by atoms with van der Waals surface area (Å²) < 4.78 is 5.73. The molecule has 0 fully saturated rings. The van der Waals surface area contributed by atoms with Crippen LogP contribution in [0.15, 0.2) is 36.4 Å². The highest BCUT2D eigenvalue weighted by Crippen LogP contribution is 2.22. The van der Waals surface area contributed by atoms with E-state index >= 15 is 0 Å². The van der Waals surface area contributed by atoms with Gasteiger partial charge < -0.3 is 10.5 Å². The van der Waals surface area contributed by atoms with Crippen LogP contribution in [0.4, 0.5) is 5.69 Å². The molecule has 2 aromatic rings. The quantitative estimate of drug-likeness (QED) is 0.852. The highest BCUT2D eigenvalue weighted by atomic mass is 16.5. The van der Waals surface area contributed by atoms with Crippen LogP contribution < -0.4 is 10.5 Å². The maximum atomic E-state index is 9.05. The lowest BCUT2D eigenvalue weighted by Gasteiger charge is -2.11. The van der Waals surface area contributed by atoms with Crippen molar-refractivity contribution in [3.63, 3.8) is 0 Å². The van der Waals surface area contributed by atoms with Crippen LogP contribution in [0.25, 0.3) is 0 Å². The SMILES string of the molecule is Cc1ccc(C)c(COc2ccc(N)cc2C#N)c1. The molecule has 3 nitrogen and oxygen atoms in total. The van der Waals surface area contributed by atoms with Crippen LogP contribution in [-0.2, 0) is 6.61 Å². The van der Waals surface area contributed by atoms with Crippen molar-refractivity contribution in [1.29, 1.82) is 5.26 Å². The number of aryl methyl sites for hydroxylation is 2. The molecular formula is C16H16N2O. The molecule has 2 aromatic carbocycles. The average Bonchev–Trinajstić information content (AvgIpc) is 2.40. The topological polar surface area (TPSA) is 59.0 Å². The fourth-order valence-corrected chi connectivity index (χ4v) is 1.87. The Kier molecular flexibility index (Phi) is 3.72. The lowest BCUT2D eigenvalue weighted by Crippen LogP contribution is -2.00. The van der Waals surface area contributed by atoms with Crippen LogP contribution in [0.3, 0.4) is 0 Å². The van der Waals surface area contributed by atoms with E-state index in [2.05, 4.69) is 24.3 Å². The molecule has 0 amide bonds. The van der Waals surface area contributed by atoms with Crippen LogP contribution in [0, 0.1) is 25.2 Å². The first-order valence-corrected chi connectivity index (χ1v) is 6.08. The highest BCUT2D eigenvalue weighted by Gasteiger charge is 2.05. The summed E-state index contributed by atoms with van der Waals surface area (Å²) in [7, 11) is 0. The molecule has 0 radical (unpaired) electrons. The van der Waals surface area contributed by atoms with Crippen LogP contribution in [0.5, 0.6) is 5.75 Å². The predicted octanol–water partition coefficient (Wildman–Crippen LogP) is 3.34. The van der Waals surface area contributed by atoms with Crippen LogP contribution in [-0.4, -0.2) is 0 Å². The molecule has 96 valence electrons. The zero-order valence-corrected chi connectivity index (χ0v) is 11.1. The zero-order chi connectivity index (χ0) is 13.8. The Labute approximate surface area is 113 Å². The number of ether oxygens (including phenoxy) is 1. The molecule has 0 bridgehead atoms. The molecule has 0 unspecified atom stereocenters. The van der Waals surface area contributed by atoms with E-state index in [-0.39, 0.29) is 0 Å². The van der Waals surface area contributed by atoms with Crippen molar-refractivity contribution in [3.05, 3.63) is 58.7 Å². The first kappa shape index (κ1) is 13.0. The lowest BCUT2D eigenvalue weighted by molar-refractivity contribution is 0.304. The van der Waals surface area contributed by atoms with Crippen molar-refractivity contribution in [1.82, 2.24) is 0 Å². The molecule has 0 aliphatic heterocycles. The molecule has 2 N–H and O–H groups in total. The predicted molar refractivity (Wildman–Crippen MR) is 75.8 cm³/mol. The maximum absolute atomic E-state index is 9.05. The van der Waals surface area contributed by atoms with Gasteiger partial charge >= 0.3 is 0 Å². The van der Waals surface area contributed by atoms with Gasteiger partial charge in [0.15, 0.2) is 0 Å². The number of hydrogen-bond acceptors (Lipinski definition) is 3. The molecule has 0 atom stereocenters. The average molecular weight is 252 g/mol. The summed E-state index contributed by atoms with van der Waals surface area (Å²) >= 11 is 0. The van der Waals surface area contributed by atoms with Gasteiger partial charge in [0.25, 0.3) is 0 Å². The van der Waals surface area contributed by atoms with Gasteiger partial charge in [-0.1, -0.05) is 23.8 Å². The number of anilines is 1. The van der Waals surface area contributed by atoms with Gasteiger partial charge in [0.2, 0.25) is 0 Å². The Bertz CT molecular complexity index is 642. The molecule has 0 aliphatic rings. The molecule has 0 saturated heterocycles. The number of nitriles is 1. The first-order chi connectivity index (χ1) is 9.10. The van der Waals surface area contributed by atoms with E-state index in [0.717, 1.165) is 5.56 Å². The largest absolute Gasteiger partial charge is 0.488 e. The van der Waals surface area contributed by atoms with E-state index in [1.807, 2.05) is 13.8 Å². The Morgan fingerprint density at radius 1 is 1.16 bits per heavy atom.